The van der Waals surface area contributed by atoms with Gasteiger partial charge in [-0.05, 0) is 29.6 Å². The standard InChI is InChI=1S/C21H18N2O2S/c1-24-16-11-10-15(13-17(16)25-2)20-19(14-7-4-3-5-8-14)22-21(23-20)18-9-6-12-26-18/h3-13H,1-2H3,(H,22,23). The number of nitrogens with one attached hydrogen (secondary N) is 1. The molecule has 26 heavy (non-hydrogen) atoms. The smallest absolute Gasteiger partial charge is 0.161 e. The van der Waals surface area contributed by atoms with Crippen LogP contribution in [0.3, 0.4) is 0 Å². The largest absolute Gasteiger partial charge is 0.493 e. The summed E-state index contributed by atoms with van der Waals surface area (Å²) in [6, 6.07) is 20.2. The highest BCUT2D eigenvalue weighted by atomic mass is 32.1. The average Bonchev–Trinajstić information content (AvgIpc) is 3.37. The lowest BCUT2D eigenvalue weighted by atomic mass is 10.0. The first-order valence-electron chi connectivity index (χ1n) is 8.22. The molecule has 4 rings (SSSR count). The monoisotopic (exact) mass is 362 g/mol. The van der Waals surface area contributed by atoms with Crippen LogP contribution in [0.15, 0.2) is 66.0 Å². The molecule has 0 unspecified atom stereocenters. The van der Waals surface area contributed by atoms with Gasteiger partial charge >= 0.3 is 0 Å². The number of nitrogens with zero attached hydrogens (tertiary/aromatic N) is 1. The third-order valence-electron chi connectivity index (χ3n) is 4.18. The minimum absolute atomic E-state index is 0.685. The van der Waals surface area contributed by atoms with Gasteiger partial charge in [0.05, 0.1) is 30.5 Å². The quantitative estimate of drug-likeness (QED) is 0.511. The number of rotatable bonds is 5. The number of methoxy groups -OCH3 is 2. The molecule has 5 heteroatoms. The predicted molar refractivity (Wildman–Crippen MR) is 106 cm³/mol. The molecular formula is C21H18N2O2S. The summed E-state index contributed by atoms with van der Waals surface area (Å²) in [5.41, 5.74) is 3.94. The summed E-state index contributed by atoms with van der Waals surface area (Å²) in [6.45, 7) is 0. The lowest BCUT2D eigenvalue weighted by Crippen LogP contribution is -1.91. The molecule has 0 saturated heterocycles. The van der Waals surface area contributed by atoms with Gasteiger partial charge in [-0.15, -0.1) is 11.3 Å². The molecule has 4 nitrogen and oxygen atoms in total. The van der Waals surface area contributed by atoms with Crippen LogP contribution < -0.4 is 9.47 Å². The lowest BCUT2D eigenvalue weighted by molar-refractivity contribution is 0.355. The van der Waals surface area contributed by atoms with E-state index >= 15 is 0 Å². The molecule has 0 bridgehead atoms. The van der Waals surface area contributed by atoms with Crippen LogP contribution >= 0.6 is 11.3 Å². The Balaban J connectivity index is 1.90. The van der Waals surface area contributed by atoms with E-state index in [9.17, 15) is 0 Å². The molecular weight excluding hydrogens is 344 g/mol. The minimum Gasteiger partial charge on any atom is -0.493 e. The normalized spacial score (nSPS) is 10.7. The highest BCUT2D eigenvalue weighted by molar-refractivity contribution is 7.13. The van der Waals surface area contributed by atoms with Crippen LogP contribution in [0.5, 0.6) is 11.5 Å². The van der Waals surface area contributed by atoms with Crippen LogP contribution in [-0.2, 0) is 0 Å². The second-order valence-electron chi connectivity index (χ2n) is 5.72. The molecule has 0 spiro atoms. The lowest BCUT2D eigenvalue weighted by Gasteiger charge is -2.09. The molecule has 1 N–H and O–H groups in total. The van der Waals surface area contributed by atoms with E-state index in [4.69, 9.17) is 14.5 Å². The number of hydrogen-bond acceptors (Lipinski definition) is 4. The van der Waals surface area contributed by atoms with Crippen molar-refractivity contribution in [3.63, 3.8) is 0 Å². The van der Waals surface area contributed by atoms with Crippen molar-refractivity contribution in [1.82, 2.24) is 9.97 Å². The molecule has 0 saturated carbocycles. The fourth-order valence-electron chi connectivity index (χ4n) is 2.91. The number of imidazole rings is 1. The fraction of sp³-hybridized carbons (Fsp3) is 0.0952. The van der Waals surface area contributed by atoms with E-state index in [1.165, 1.54) is 0 Å². The van der Waals surface area contributed by atoms with E-state index in [1.807, 2.05) is 42.5 Å². The molecule has 0 radical (unpaired) electrons. The Morgan fingerprint density at radius 2 is 1.65 bits per heavy atom. The van der Waals surface area contributed by atoms with Crippen molar-refractivity contribution in [2.75, 3.05) is 14.2 Å². The summed E-state index contributed by atoms with van der Waals surface area (Å²) < 4.78 is 10.8. The van der Waals surface area contributed by atoms with Gasteiger partial charge in [0.15, 0.2) is 11.5 Å². The summed E-state index contributed by atoms with van der Waals surface area (Å²) >= 11 is 1.66. The Morgan fingerprint density at radius 3 is 2.35 bits per heavy atom. The first-order chi connectivity index (χ1) is 12.8. The Morgan fingerprint density at radius 1 is 0.846 bits per heavy atom. The fourth-order valence-corrected chi connectivity index (χ4v) is 3.58. The zero-order valence-electron chi connectivity index (χ0n) is 14.5. The summed E-state index contributed by atoms with van der Waals surface area (Å²) in [7, 11) is 3.28. The molecule has 0 fully saturated rings. The van der Waals surface area contributed by atoms with Crippen LogP contribution in [0.1, 0.15) is 0 Å². The van der Waals surface area contributed by atoms with E-state index in [-0.39, 0.29) is 0 Å². The van der Waals surface area contributed by atoms with Gasteiger partial charge in [0, 0.05) is 11.1 Å². The molecule has 4 aromatic rings. The van der Waals surface area contributed by atoms with Gasteiger partial charge in [0.2, 0.25) is 0 Å². The number of aromatic nitrogens is 2. The van der Waals surface area contributed by atoms with Crippen LogP contribution in [0.2, 0.25) is 0 Å². The van der Waals surface area contributed by atoms with E-state index in [1.54, 1.807) is 25.6 Å². The van der Waals surface area contributed by atoms with Crippen LogP contribution in [0.4, 0.5) is 0 Å². The molecule has 2 aromatic heterocycles. The molecule has 130 valence electrons. The van der Waals surface area contributed by atoms with E-state index in [2.05, 4.69) is 28.6 Å². The maximum atomic E-state index is 5.46. The summed E-state index contributed by atoms with van der Waals surface area (Å²) in [5.74, 6) is 2.25. The van der Waals surface area contributed by atoms with Gasteiger partial charge in [0.1, 0.15) is 5.82 Å². The van der Waals surface area contributed by atoms with Gasteiger partial charge in [-0.1, -0.05) is 36.4 Å². The van der Waals surface area contributed by atoms with Crippen molar-refractivity contribution in [3.8, 4) is 44.7 Å². The van der Waals surface area contributed by atoms with E-state index in [0.717, 1.165) is 33.2 Å². The van der Waals surface area contributed by atoms with Gasteiger partial charge < -0.3 is 14.5 Å². The van der Waals surface area contributed by atoms with Crippen LogP contribution in [0.25, 0.3) is 33.2 Å². The van der Waals surface area contributed by atoms with Crippen LogP contribution in [-0.4, -0.2) is 24.2 Å². The minimum atomic E-state index is 0.685. The topological polar surface area (TPSA) is 47.1 Å². The molecule has 0 aliphatic heterocycles. The highest BCUT2D eigenvalue weighted by Crippen LogP contribution is 2.37. The first kappa shape index (κ1) is 16.4. The molecule has 2 aromatic carbocycles. The maximum absolute atomic E-state index is 5.46. The Labute approximate surface area is 156 Å². The highest BCUT2D eigenvalue weighted by Gasteiger charge is 2.17. The Hall–Kier alpha value is -3.05. The number of hydrogen-bond donors (Lipinski definition) is 1. The van der Waals surface area contributed by atoms with Crippen molar-refractivity contribution < 1.29 is 9.47 Å². The third-order valence-corrected chi connectivity index (χ3v) is 5.05. The van der Waals surface area contributed by atoms with Crippen molar-refractivity contribution in [1.29, 1.82) is 0 Å². The van der Waals surface area contributed by atoms with Gasteiger partial charge in [-0.3, -0.25) is 0 Å². The van der Waals surface area contributed by atoms with Crippen molar-refractivity contribution in [2.45, 2.75) is 0 Å². The van der Waals surface area contributed by atoms with E-state index < -0.39 is 0 Å². The zero-order valence-corrected chi connectivity index (χ0v) is 15.3. The third kappa shape index (κ3) is 2.97. The molecule has 0 aliphatic carbocycles. The molecule has 0 amide bonds. The van der Waals surface area contributed by atoms with Crippen molar-refractivity contribution in [3.05, 3.63) is 66.0 Å². The average molecular weight is 362 g/mol. The summed E-state index contributed by atoms with van der Waals surface area (Å²) in [4.78, 5) is 9.49. The molecule has 2 heterocycles. The maximum Gasteiger partial charge on any atom is 0.161 e. The second-order valence-corrected chi connectivity index (χ2v) is 6.67. The Kier molecular flexibility index (Phi) is 4.46. The SMILES string of the molecule is COc1ccc(-c2nc(-c3cccs3)[nH]c2-c2ccccc2)cc1OC. The van der Waals surface area contributed by atoms with Gasteiger partial charge in [0.25, 0.3) is 0 Å². The number of thiophene rings is 1. The first-order valence-corrected chi connectivity index (χ1v) is 9.10. The summed E-state index contributed by atoms with van der Waals surface area (Å²) in [5, 5.41) is 2.05. The number of aromatic amines is 1. The number of benzene rings is 2. The van der Waals surface area contributed by atoms with Crippen molar-refractivity contribution >= 4 is 11.3 Å². The van der Waals surface area contributed by atoms with Gasteiger partial charge in [-0.25, -0.2) is 4.98 Å². The van der Waals surface area contributed by atoms with E-state index in [0.29, 0.717) is 11.5 Å². The number of H-pyrrole nitrogens is 1. The predicted octanol–water partition coefficient (Wildman–Crippen LogP) is 5.49. The Bertz CT molecular complexity index is 1010. The van der Waals surface area contributed by atoms with Crippen molar-refractivity contribution in [2.24, 2.45) is 0 Å². The van der Waals surface area contributed by atoms with Gasteiger partial charge in [-0.2, -0.15) is 0 Å². The van der Waals surface area contributed by atoms with Crippen LogP contribution in [0, 0.1) is 0 Å². The molecule has 0 aliphatic rings. The zero-order chi connectivity index (χ0) is 17.9. The second kappa shape index (κ2) is 7.06. The number of ether oxygens (including phenoxy) is 2. The molecule has 0 atom stereocenters. The summed E-state index contributed by atoms with van der Waals surface area (Å²) in [6.07, 6.45) is 0.